The summed E-state index contributed by atoms with van der Waals surface area (Å²) in [6.07, 6.45) is 2.31. The lowest BCUT2D eigenvalue weighted by Crippen LogP contribution is -3.00. The van der Waals surface area contributed by atoms with Crippen LogP contribution in [0.3, 0.4) is 0 Å². The number of morpholine rings is 1. The molecule has 0 aromatic rings. The summed E-state index contributed by atoms with van der Waals surface area (Å²) in [6, 6.07) is 0. The van der Waals surface area contributed by atoms with Crippen LogP contribution in [-0.2, 0) is 4.74 Å². The van der Waals surface area contributed by atoms with Gasteiger partial charge in [0.15, 0.2) is 0 Å². The average Bonchev–Trinajstić information content (AvgIpc) is 2.06. The van der Waals surface area contributed by atoms with E-state index in [0.29, 0.717) is 0 Å². The van der Waals surface area contributed by atoms with E-state index in [9.17, 15) is 0 Å². The largest absolute Gasteiger partial charge is 1.00 e. The van der Waals surface area contributed by atoms with E-state index in [-0.39, 0.29) is 22.6 Å². The van der Waals surface area contributed by atoms with E-state index in [1.165, 1.54) is 0 Å². The maximum absolute atomic E-state index is 5.73. The van der Waals surface area contributed by atoms with Crippen LogP contribution in [0.5, 0.6) is 0 Å². The Kier molecular flexibility index (Phi) is 5.30. The van der Waals surface area contributed by atoms with Crippen LogP contribution in [-0.4, -0.2) is 25.3 Å². The summed E-state index contributed by atoms with van der Waals surface area (Å²) in [5.74, 6) is 0. The van der Waals surface area contributed by atoms with Gasteiger partial charge < -0.3 is 27.0 Å². The SMILES string of the molecule is CCC1(CC)C[NH2+]CCO1.[Br-]. The van der Waals surface area contributed by atoms with E-state index in [2.05, 4.69) is 19.2 Å². The van der Waals surface area contributed by atoms with Crippen molar-refractivity contribution in [2.45, 2.75) is 32.3 Å². The molecule has 1 heterocycles. The predicted molar refractivity (Wildman–Crippen MR) is 40.9 cm³/mol. The van der Waals surface area contributed by atoms with Crippen LogP contribution in [0.1, 0.15) is 26.7 Å². The zero-order valence-corrected chi connectivity index (χ0v) is 8.99. The third-order valence-corrected chi connectivity index (χ3v) is 2.54. The molecular weight excluding hydrogens is 206 g/mol. The van der Waals surface area contributed by atoms with Gasteiger partial charge in [-0.25, -0.2) is 0 Å². The minimum atomic E-state index is 0. The molecule has 0 saturated carbocycles. The first-order valence-corrected chi connectivity index (χ1v) is 4.28. The molecule has 0 radical (unpaired) electrons. The number of halogens is 1. The maximum Gasteiger partial charge on any atom is 0.116 e. The van der Waals surface area contributed by atoms with E-state index in [1.807, 2.05) is 0 Å². The van der Waals surface area contributed by atoms with Gasteiger partial charge in [0.25, 0.3) is 0 Å². The summed E-state index contributed by atoms with van der Waals surface area (Å²) < 4.78 is 5.73. The Balaban J connectivity index is 0.000001000. The van der Waals surface area contributed by atoms with E-state index < -0.39 is 0 Å². The monoisotopic (exact) mass is 223 g/mol. The number of hydrogen-bond acceptors (Lipinski definition) is 1. The smallest absolute Gasteiger partial charge is 0.116 e. The van der Waals surface area contributed by atoms with Crippen molar-refractivity contribution in [3.05, 3.63) is 0 Å². The second kappa shape index (κ2) is 5.12. The summed E-state index contributed by atoms with van der Waals surface area (Å²) in [5.41, 5.74) is 0.207. The van der Waals surface area contributed by atoms with Gasteiger partial charge in [-0.15, -0.1) is 0 Å². The van der Waals surface area contributed by atoms with Crippen molar-refractivity contribution in [1.82, 2.24) is 0 Å². The zero-order chi connectivity index (χ0) is 7.45. The van der Waals surface area contributed by atoms with Crippen LogP contribution in [0.2, 0.25) is 0 Å². The molecule has 0 spiro atoms. The van der Waals surface area contributed by atoms with Gasteiger partial charge in [0.1, 0.15) is 12.1 Å². The van der Waals surface area contributed by atoms with E-state index in [0.717, 1.165) is 32.5 Å². The third-order valence-electron chi connectivity index (χ3n) is 2.54. The lowest BCUT2D eigenvalue weighted by Gasteiger charge is -2.33. The van der Waals surface area contributed by atoms with Crippen molar-refractivity contribution in [2.75, 3.05) is 19.7 Å². The van der Waals surface area contributed by atoms with E-state index >= 15 is 0 Å². The Morgan fingerprint density at radius 1 is 1.36 bits per heavy atom. The first-order valence-electron chi connectivity index (χ1n) is 4.28. The first kappa shape index (κ1) is 11.4. The minimum absolute atomic E-state index is 0. The van der Waals surface area contributed by atoms with Gasteiger partial charge in [0.2, 0.25) is 0 Å². The van der Waals surface area contributed by atoms with Crippen LogP contribution in [0, 0.1) is 0 Å². The van der Waals surface area contributed by atoms with Crippen molar-refractivity contribution in [3.63, 3.8) is 0 Å². The molecular formula is C8H18BrNO. The van der Waals surface area contributed by atoms with Crippen LogP contribution in [0.4, 0.5) is 0 Å². The Hall–Kier alpha value is 0.400. The summed E-state index contributed by atoms with van der Waals surface area (Å²) in [7, 11) is 0. The molecule has 0 atom stereocenters. The number of quaternary nitrogens is 1. The molecule has 0 amide bonds. The molecule has 2 nitrogen and oxygen atoms in total. The molecule has 0 aliphatic carbocycles. The van der Waals surface area contributed by atoms with Crippen LogP contribution in [0.15, 0.2) is 0 Å². The number of nitrogens with two attached hydrogens (primary N) is 1. The maximum atomic E-state index is 5.73. The summed E-state index contributed by atoms with van der Waals surface area (Å²) in [4.78, 5) is 0. The molecule has 0 aromatic carbocycles. The second-order valence-corrected chi connectivity index (χ2v) is 3.02. The average molecular weight is 224 g/mol. The van der Waals surface area contributed by atoms with Gasteiger partial charge in [0, 0.05) is 0 Å². The molecule has 1 rings (SSSR count). The highest BCUT2D eigenvalue weighted by Gasteiger charge is 2.31. The number of ether oxygens (including phenoxy) is 1. The molecule has 0 unspecified atom stereocenters. The topological polar surface area (TPSA) is 25.8 Å². The summed E-state index contributed by atoms with van der Waals surface area (Å²) in [6.45, 7) is 7.65. The Bertz CT molecular complexity index is 96.3. The lowest BCUT2D eigenvalue weighted by atomic mass is 9.96. The van der Waals surface area contributed by atoms with Gasteiger partial charge >= 0.3 is 0 Å². The van der Waals surface area contributed by atoms with Gasteiger partial charge in [-0.3, -0.25) is 0 Å². The van der Waals surface area contributed by atoms with Crippen molar-refractivity contribution in [2.24, 2.45) is 0 Å². The summed E-state index contributed by atoms with van der Waals surface area (Å²) in [5, 5.41) is 2.36. The predicted octanol–water partition coefficient (Wildman–Crippen LogP) is -2.86. The molecule has 68 valence electrons. The van der Waals surface area contributed by atoms with Gasteiger partial charge in [0.05, 0.1) is 13.2 Å². The standard InChI is InChI=1S/C8H17NO.BrH/c1-3-8(4-2)7-9-5-6-10-8;/h9H,3-7H2,1-2H3;1H. The Morgan fingerprint density at radius 3 is 2.27 bits per heavy atom. The Morgan fingerprint density at radius 2 is 2.00 bits per heavy atom. The highest BCUT2D eigenvalue weighted by molar-refractivity contribution is 4.77. The first-order chi connectivity index (χ1) is 4.83. The fraction of sp³-hybridized carbons (Fsp3) is 1.00. The fourth-order valence-corrected chi connectivity index (χ4v) is 1.53. The molecule has 2 N–H and O–H groups in total. The van der Waals surface area contributed by atoms with E-state index in [4.69, 9.17) is 4.74 Å². The number of rotatable bonds is 2. The van der Waals surface area contributed by atoms with Crippen molar-refractivity contribution >= 4 is 0 Å². The normalized spacial score (nSPS) is 22.4. The van der Waals surface area contributed by atoms with E-state index in [1.54, 1.807) is 0 Å². The number of hydrogen-bond donors (Lipinski definition) is 1. The van der Waals surface area contributed by atoms with Crippen molar-refractivity contribution in [3.8, 4) is 0 Å². The molecule has 11 heavy (non-hydrogen) atoms. The molecule has 0 aromatic heterocycles. The molecule has 1 aliphatic heterocycles. The van der Waals surface area contributed by atoms with Gasteiger partial charge in [-0.2, -0.15) is 0 Å². The second-order valence-electron chi connectivity index (χ2n) is 3.02. The van der Waals surface area contributed by atoms with Crippen LogP contribution < -0.4 is 22.3 Å². The van der Waals surface area contributed by atoms with Crippen LogP contribution >= 0.6 is 0 Å². The summed E-state index contributed by atoms with van der Waals surface area (Å²) >= 11 is 0. The lowest BCUT2D eigenvalue weighted by molar-refractivity contribution is -0.686. The quantitative estimate of drug-likeness (QED) is 0.536. The molecule has 1 fully saturated rings. The molecule has 1 aliphatic rings. The molecule has 3 heteroatoms. The highest BCUT2D eigenvalue weighted by atomic mass is 79.9. The van der Waals surface area contributed by atoms with Gasteiger partial charge in [-0.1, -0.05) is 13.8 Å². The van der Waals surface area contributed by atoms with Gasteiger partial charge in [-0.05, 0) is 12.8 Å². The zero-order valence-electron chi connectivity index (χ0n) is 7.40. The fourth-order valence-electron chi connectivity index (χ4n) is 1.53. The van der Waals surface area contributed by atoms with Crippen molar-refractivity contribution in [1.29, 1.82) is 0 Å². The minimum Gasteiger partial charge on any atom is -1.00 e. The van der Waals surface area contributed by atoms with Crippen LogP contribution in [0.25, 0.3) is 0 Å². The molecule has 1 saturated heterocycles. The van der Waals surface area contributed by atoms with Crippen molar-refractivity contribution < 1.29 is 27.0 Å². The highest BCUT2D eigenvalue weighted by Crippen LogP contribution is 2.18. The molecule has 0 bridgehead atoms. The third kappa shape index (κ3) is 2.73. The Labute approximate surface area is 79.5 Å².